The zero-order chi connectivity index (χ0) is 14.1. The number of hydrogen-bond donors (Lipinski definition) is 2. The summed E-state index contributed by atoms with van der Waals surface area (Å²) >= 11 is 0. The normalized spacial score (nSPS) is 13.0. The van der Waals surface area contributed by atoms with E-state index in [-0.39, 0.29) is 11.3 Å². The molecule has 0 spiro atoms. The van der Waals surface area contributed by atoms with Crippen LogP contribution in [0.2, 0.25) is 0 Å². The second-order valence-corrected chi connectivity index (χ2v) is 4.95. The maximum absolute atomic E-state index is 11.2. The van der Waals surface area contributed by atoms with E-state index in [1.807, 2.05) is 18.2 Å². The fraction of sp³-hybridized carbons (Fsp3) is 0.188. The lowest BCUT2D eigenvalue weighted by Crippen LogP contribution is -2.01. The molecule has 2 aromatic rings. The Labute approximate surface area is 116 Å². The molecule has 3 N–H and O–H groups in total. The lowest BCUT2D eigenvalue weighted by atomic mass is 10.1. The number of benzene rings is 2. The van der Waals surface area contributed by atoms with Crippen molar-refractivity contribution in [3.05, 3.63) is 53.1 Å². The van der Waals surface area contributed by atoms with Crippen LogP contribution in [0, 0.1) is 0 Å². The summed E-state index contributed by atoms with van der Waals surface area (Å²) in [4.78, 5) is 11.2. The predicted molar refractivity (Wildman–Crippen MR) is 76.4 cm³/mol. The quantitative estimate of drug-likeness (QED) is 0.839. The summed E-state index contributed by atoms with van der Waals surface area (Å²) in [6.45, 7) is 0. The third-order valence-corrected chi connectivity index (χ3v) is 3.53. The van der Waals surface area contributed by atoms with Crippen molar-refractivity contribution in [2.24, 2.45) is 0 Å². The zero-order valence-corrected chi connectivity index (χ0v) is 10.9. The minimum Gasteiger partial charge on any atom is -0.478 e. The van der Waals surface area contributed by atoms with Crippen LogP contribution in [-0.4, -0.2) is 11.1 Å². The molecule has 0 saturated carbocycles. The summed E-state index contributed by atoms with van der Waals surface area (Å²) in [6, 6.07) is 10.5. The Hall–Kier alpha value is -2.49. The third kappa shape index (κ3) is 2.32. The molecule has 0 unspecified atom stereocenters. The second-order valence-electron chi connectivity index (χ2n) is 4.95. The average Bonchev–Trinajstić information content (AvgIpc) is 2.85. The van der Waals surface area contributed by atoms with Gasteiger partial charge in [-0.25, -0.2) is 4.79 Å². The van der Waals surface area contributed by atoms with Crippen molar-refractivity contribution in [3.8, 4) is 11.5 Å². The first-order valence-corrected chi connectivity index (χ1v) is 6.56. The van der Waals surface area contributed by atoms with Crippen LogP contribution in [0.15, 0.2) is 36.4 Å². The molecule has 0 bridgehead atoms. The molecule has 0 fully saturated rings. The van der Waals surface area contributed by atoms with Gasteiger partial charge in [-0.15, -0.1) is 0 Å². The number of nitrogens with two attached hydrogens (primary N) is 1. The molecule has 20 heavy (non-hydrogen) atoms. The number of rotatable bonds is 3. The van der Waals surface area contributed by atoms with Gasteiger partial charge in [0.15, 0.2) is 0 Å². The number of fused-ring (bicyclic) bond motifs is 1. The van der Waals surface area contributed by atoms with Crippen molar-refractivity contribution in [3.63, 3.8) is 0 Å². The Bertz CT molecular complexity index is 679. The molecule has 0 radical (unpaired) electrons. The van der Waals surface area contributed by atoms with Crippen LogP contribution in [0.1, 0.15) is 27.9 Å². The molecule has 4 heteroatoms. The highest BCUT2D eigenvalue weighted by atomic mass is 16.5. The number of carboxylic acid groups (broad SMARTS) is 1. The maximum Gasteiger partial charge on any atom is 0.339 e. The maximum atomic E-state index is 11.2. The Morgan fingerprint density at radius 2 is 1.90 bits per heavy atom. The van der Waals surface area contributed by atoms with Crippen LogP contribution >= 0.6 is 0 Å². The van der Waals surface area contributed by atoms with Gasteiger partial charge in [-0.05, 0) is 54.7 Å². The number of aryl methyl sites for hydroxylation is 2. The molecule has 0 atom stereocenters. The molecule has 0 saturated heterocycles. The number of hydrogen-bond acceptors (Lipinski definition) is 3. The summed E-state index contributed by atoms with van der Waals surface area (Å²) in [5.41, 5.74) is 8.92. The average molecular weight is 269 g/mol. The minimum atomic E-state index is -1.03. The van der Waals surface area contributed by atoms with Crippen LogP contribution in [0.25, 0.3) is 0 Å². The summed E-state index contributed by atoms with van der Waals surface area (Å²) in [5.74, 6) is -0.102. The number of anilines is 1. The topological polar surface area (TPSA) is 72.6 Å². The largest absolute Gasteiger partial charge is 0.478 e. The predicted octanol–water partition coefficient (Wildman–Crippen LogP) is 3.25. The third-order valence-electron chi connectivity index (χ3n) is 3.53. The highest BCUT2D eigenvalue weighted by molar-refractivity contribution is 5.91. The van der Waals surface area contributed by atoms with Gasteiger partial charge in [-0.3, -0.25) is 0 Å². The van der Waals surface area contributed by atoms with E-state index in [1.54, 1.807) is 6.07 Å². The van der Waals surface area contributed by atoms with E-state index in [4.69, 9.17) is 15.6 Å². The number of carboxylic acids is 1. The number of aromatic carboxylic acids is 1. The molecular formula is C16H15NO3. The van der Waals surface area contributed by atoms with E-state index in [1.165, 1.54) is 23.3 Å². The Morgan fingerprint density at radius 1 is 1.10 bits per heavy atom. The standard InChI is InChI=1S/C16H15NO3/c17-12-5-7-14(16(18)19)15(9-12)20-13-6-4-10-2-1-3-11(10)8-13/h4-9H,1-3,17H2,(H,18,19). The number of carbonyl (C=O) groups is 1. The summed E-state index contributed by atoms with van der Waals surface area (Å²) < 4.78 is 5.72. The monoisotopic (exact) mass is 269 g/mol. The minimum absolute atomic E-state index is 0.111. The van der Waals surface area contributed by atoms with Gasteiger partial charge in [0.25, 0.3) is 0 Å². The van der Waals surface area contributed by atoms with E-state index in [2.05, 4.69) is 0 Å². The van der Waals surface area contributed by atoms with Crippen LogP contribution in [0.3, 0.4) is 0 Å². The fourth-order valence-electron chi connectivity index (χ4n) is 2.54. The second kappa shape index (κ2) is 4.89. The highest BCUT2D eigenvalue weighted by Crippen LogP contribution is 2.31. The van der Waals surface area contributed by atoms with Crippen molar-refractivity contribution >= 4 is 11.7 Å². The molecule has 4 nitrogen and oxygen atoms in total. The van der Waals surface area contributed by atoms with Crippen molar-refractivity contribution in [2.75, 3.05) is 5.73 Å². The SMILES string of the molecule is Nc1ccc(C(=O)O)c(Oc2ccc3c(c2)CCC3)c1. The molecular weight excluding hydrogens is 254 g/mol. The van der Waals surface area contributed by atoms with Crippen molar-refractivity contribution < 1.29 is 14.6 Å². The molecule has 1 aliphatic rings. The van der Waals surface area contributed by atoms with E-state index in [0.29, 0.717) is 11.4 Å². The van der Waals surface area contributed by atoms with E-state index in [0.717, 1.165) is 19.3 Å². The molecule has 0 amide bonds. The smallest absolute Gasteiger partial charge is 0.339 e. The first-order chi connectivity index (χ1) is 9.63. The molecule has 102 valence electrons. The van der Waals surface area contributed by atoms with Crippen molar-refractivity contribution in [2.45, 2.75) is 19.3 Å². The lowest BCUT2D eigenvalue weighted by Gasteiger charge is -2.11. The van der Waals surface area contributed by atoms with Crippen LogP contribution in [-0.2, 0) is 12.8 Å². The van der Waals surface area contributed by atoms with Crippen LogP contribution in [0.4, 0.5) is 5.69 Å². The van der Waals surface area contributed by atoms with Gasteiger partial charge in [-0.2, -0.15) is 0 Å². The van der Waals surface area contributed by atoms with Crippen molar-refractivity contribution in [1.29, 1.82) is 0 Å². The van der Waals surface area contributed by atoms with Crippen LogP contribution < -0.4 is 10.5 Å². The number of ether oxygens (including phenoxy) is 1. The van der Waals surface area contributed by atoms with E-state index in [9.17, 15) is 4.79 Å². The number of nitrogen functional groups attached to an aromatic ring is 1. The highest BCUT2D eigenvalue weighted by Gasteiger charge is 2.15. The Morgan fingerprint density at radius 3 is 2.70 bits per heavy atom. The molecule has 3 rings (SSSR count). The van der Waals surface area contributed by atoms with Gasteiger partial charge in [-0.1, -0.05) is 6.07 Å². The zero-order valence-electron chi connectivity index (χ0n) is 10.9. The van der Waals surface area contributed by atoms with Gasteiger partial charge >= 0.3 is 5.97 Å². The van der Waals surface area contributed by atoms with Gasteiger partial charge in [0, 0.05) is 11.8 Å². The van der Waals surface area contributed by atoms with E-state index >= 15 is 0 Å². The molecule has 2 aromatic carbocycles. The van der Waals surface area contributed by atoms with E-state index < -0.39 is 5.97 Å². The molecule has 0 heterocycles. The van der Waals surface area contributed by atoms with Gasteiger partial charge in [0.2, 0.25) is 0 Å². The summed E-state index contributed by atoms with van der Waals surface area (Å²) in [6.07, 6.45) is 3.32. The Balaban J connectivity index is 1.95. The van der Waals surface area contributed by atoms with Gasteiger partial charge in [0.1, 0.15) is 17.1 Å². The van der Waals surface area contributed by atoms with Crippen LogP contribution in [0.5, 0.6) is 11.5 Å². The first-order valence-electron chi connectivity index (χ1n) is 6.56. The summed E-state index contributed by atoms with van der Waals surface area (Å²) in [5, 5.41) is 9.17. The lowest BCUT2D eigenvalue weighted by molar-refractivity contribution is 0.0694. The molecule has 0 aliphatic heterocycles. The molecule has 0 aromatic heterocycles. The van der Waals surface area contributed by atoms with Gasteiger partial charge in [0.05, 0.1) is 0 Å². The van der Waals surface area contributed by atoms with Crippen molar-refractivity contribution in [1.82, 2.24) is 0 Å². The molecule has 1 aliphatic carbocycles. The fourth-order valence-corrected chi connectivity index (χ4v) is 2.54. The first kappa shape index (κ1) is 12.5. The summed E-state index contributed by atoms with van der Waals surface area (Å²) in [7, 11) is 0. The van der Waals surface area contributed by atoms with Gasteiger partial charge < -0.3 is 15.6 Å². The Kier molecular flexibility index (Phi) is 3.06.